The molecule has 0 spiro atoms. The molecular formula is C13H13NO3S. The van der Waals surface area contributed by atoms with Crippen molar-refractivity contribution in [2.75, 3.05) is 12.9 Å². The van der Waals surface area contributed by atoms with Gasteiger partial charge in [-0.25, -0.2) is 4.98 Å². The summed E-state index contributed by atoms with van der Waals surface area (Å²) in [4.78, 5) is 15.0. The van der Waals surface area contributed by atoms with Crippen molar-refractivity contribution in [3.05, 3.63) is 29.8 Å². The second-order valence-corrected chi connectivity index (χ2v) is 4.82. The maximum atomic E-state index is 10.6. The molecule has 5 heteroatoms. The van der Waals surface area contributed by atoms with E-state index in [9.17, 15) is 4.79 Å². The van der Waals surface area contributed by atoms with Gasteiger partial charge in [0.05, 0.1) is 18.4 Å². The van der Waals surface area contributed by atoms with Gasteiger partial charge in [-0.05, 0) is 36.8 Å². The maximum Gasteiger partial charge on any atom is 0.313 e. The van der Waals surface area contributed by atoms with Gasteiger partial charge in [0, 0.05) is 5.39 Å². The highest BCUT2D eigenvalue weighted by Crippen LogP contribution is 2.26. The van der Waals surface area contributed by atoms with E-state index >= 15 is 0 Å². The first-order valence-corrected chi connectivity index (χ1v) is 6.38. The van der Waals surface area contributed by atoms with Crippen LogP contribution in [0.5, 0.6) is 5.75 Å². The summed E-state index contributed by atoms with van der Waals surface area (Å²) in [6, 6.07) is 7.63. The second-order valence-electron chi connectivity index (χ2n) is 3.85. The highest BCUT2D eigenvalue weighted by atomic mass is 32.2. The van der Waals surface area contributed by atoms with Crippen molar-refractivity contribution in [2.45, 2.75) is 11.9 Å². The van der Waals surface area contributed by atoms with E-state index in [0.29, 0.717) is 0 Å². The molecule has 4 nitrogen and oxygen atoms in total. The van der Waals surface area contributed by atoms with Crippen LogP contribution >= 0.6 is 11.8 Å². The number of hydrogen-bond acceptors (Lipinski definition) is 4. The lowest BCUT2D eigenvalue weighted by atomic mass is 10.1. The summed E-state index contributed by atoms with van der Waals surface area (Å²) in [6.07, 6.45) is 0. The summed E-state index contributed by atoms with van der Waals surface area (Å²) in [5.41, 5.74) is 1.82. The van der Waals surface area contributed by atoms with Gasteiger partial charge in [0.15, 0.2) is 0 Å². The Morgan fingerprint density at radius 3 is 2.89 bits per heavy atom. The number of aliphatic carboxylic acids is 1. The molecule has 0 aliphatic carbocycles. The lowest BCUT2D eigenvalue weighted by molar-refractivity contribution is -0.133. The third-order valence-electron chi connectivity index (χ3n) is 2.50. The lowest BCUT2D eigenvalue weighted by Gasteiger charge is -2.07. The maximum absolute atomic E-state index is 10.6. The Labute approximate surface area is 109 Å². The quantitative estimate of drug-likeness (QED) is 0.859. The molecule has 0 unspecified atom stereocenters. The number of pyridine rings is 1. The number of fused-ring (bicyclic) bond motifs is 1. The minimum Gasteiger partial charge on any atom is -0.497 e. The Bertz CT molecular complexity index is 598. The predicted molar refractivity (Wildman–Crippen MR) is 71.4 cm³/mol. The molecule has 1 heterocycles. The van der Waals surface area contributed by atoms with Gasteiger partial charge in [0.25, 0.3) is 0 Å². The van der Waals surface area contributed by atoms with Crippen LogP contribution in [-0.2, 0) is 4.79 Å². The van der Waals surface area contributed by atoms with Gasteiger partial charge in [-0.3, -0.25) is 4.79 Å². The molecule has 0 bridgehead atoms. The number of carbonyl (C=O) groups is 1. The third-order valence-corrected chi connectivity index (χ3v) is 3.58. The summed E-state index contributed by atoms with van der Waals surface area (Å²) < 4.78 is 5.16. The van der Waals surface area contributed by atoms with E-state index in [-0.39, 0.29) is 5.75 Å². The number of ether oxygens (including phenoxy) is 1. The van der Waals surface area contributed by atoms with Crippen molar-refractivity contribution in [3.8, 4) is 5.75 Å². The molecule has 0 saturated heterocycles. The Morgan fingerprint density at radius 2 is 2.22 bits per heavy atom. The number of hydrogen-bond donors (Lipinski definition) is 1. The fourth-order valence-electron chi connectivity index (χ4n) is 1.65. The molecule has 2 aromatic rings. The fourth-order valence-corrected chi connectivity index (χ4v) is 2.36. The van der Waals surface area contributed by atoms with Crippen LogP contribution in [0.3, 0.4) is 0 Å². The van der Waals surface area contributed by atoms with Crippen molar-refractivity contribution < 1.29 is 14.6 Å². The average Bonchev–Trinajstić information content (AvgIpc) is 2.35. The number of rotatable bonds is 4. The van der Waals surface area contributed by atoms with Crippen LogP contribution in [0, 0.1) is 6.92 Å². The summed E-state index contributed by atoms with van der Waals surface area (Å²) in [5, 5.41) is 10.4. The minimum absolute atomic E-state index is 0.0233. The molecule has 1 aromatic carbocycles. The molecule has 0 aliphatic heterocycles. The number of aromatic nitrogens is 1. The van der Waals surface area contributed by atoms with E-state index < -0.39 is 5.97 Å². The lowest BCUT2D eigenvalue weighted by Crippen LogP contribution is -1.99. The first-order valence-electron chi connectivity index (χ1n) is 5.40. The van der Waals surface area contributed by atoms with Crippen molar-refractivity contribution in [2.24, 2.45) is 0 Å². The molecule has 94 valence electrons. The number of carboxylic acids is 1. The monoisotopic (exact) mass is 263 g/mol. The van der Waals surface area contributed by atoms with Crippen LogP contribution in [-0.4, -0.2) is 28.9 Å². The van der Waals surface area contributed by atoms with Crippen LogP contribution in [0.15, 0.2) is 29.3 Å². The molecule has 1 N–H and O–H groups in total. The fraction of sp³-hybridized carbons (Fsp3) is 0.231. The normalized spacial score (nSPS) is 10.6. The van der Waals surface area contributed by atoms with Gasteiger partial charge in [0.2, 0.25) is 0 Å². The Balaban J connectivity index is 2.39. The third kappa shape index (κ3) is 2.73. The van der Waals surface area contributed by atoms with Crippen molar-refractivity contribution in [1.82, 2.24) is 4.98 Å². The standard InChI is InChI=1S/C13H13NO3S/c1-8-5-9-6-10(17-2)3-4-11(9)14-13(8)18-7-12(15)16/h3-6H,7H2,1-2H3,(H,15,16). The van der Waals surface area contributed by atoms with E-state index in [1.807, 2.05) is 31.2 Å². The SMILES string of the molecule is COc1ccc2nc(SCC(=O)O)c(C)cc2c1. The Morgan fingerprint density at radius 1 is 1.44 bits per heavy atom. The zero-order chi connectivity index (χ0) is 13.1. The van der Waals surface area contributed by atoms with E-state index in [1.54, 1.807) is 7.11 Å². The van der Waals surface area contributed by atoms with Crippen molar-refractivity contribution in [1.29, 1.82) is 0 Å². The highest BCUT2D eigenvalue weighted by molar-refractivity contribution is 7.99. The van der Waals surface area contributed by atoms with Crippen molar-refractivity contribution in [3.63, 3.8) is 0 Å². The van der Waals surface area contributed by atoms with Gasteiger partial charge in [0.1, 0.15) is 10.8 Å². The summed E-state index contributed by atoms with van der Waals surface area (Å²) in [6.45, 7) is 1.93. The molecule has 1 aromatic heterocycles. The number of benzene rings is 1. The smallest absolute Gasteiger partial charge is 0.313 e. The minimum atomic E-state index is -0.837. The van der Waals surface area contributed by atoms with Gasteiger partial charge in [-0.1, -0.05) is 11.8 Å². The second kappa shape index (κ2) is 5.27. The predicted octanol–water partition coefficient (Wildman–Crippen LogP) is 2.73. The zero-order valence-electron chi connectivity index (χ0n) is 10.1. The van der Waals surface area contributed by atoms with Gasteiger partial charge < -0.3 is 9.84 Å². The van der Waals surface area contributed by atoms with Gasteiger partial charge in [-0.2, -0.15) is 0 Å². The molecule has 0 saturated carbocycles. The van der Waals surface area contributed by atoms with Crippen LogP contribution in [0.1, 0.15) is 5.56 Å². The van der Waals surface area contributed by atoms with Crippen LogP contribution in [0.25, 0.3) is 10.9 Å². The van der Waals surface area contributed by atoms with Crippen LogP contribution in [0.4, 0.5) is 0 Å². The van der Waals surface area contributed by atoms with E-state index in [0.717, 1.165) is 27.2 Å². The largest absolute Gasteiger partial charge is 0.497 e. The highest BCUT2D eigenvalue weighted by Gasteiger charge is 2.07. The topological polar surface area (TPSA) is 59.4 Å². The van der Waals surface area contributed by atoms with Gasteiger partial charge >= 0.3 is 5.97 Å². The van der Waals surface area contributed by atoms with Crippen LogP contribution in [0.2, 0.25) is 0 Å². The van der Waals surface area contributed by atoms with Gasteiger partial charge in [-0.15, -0.1) is 0 Å². The number of thioether (sulfide) groups is 1. The summed E-state index contributed by atoms with van der Waals surface area (Å²) >= 11 is 1.24. The number of carboxylic acid groups (broad SMARTS) is 1. The van der Waals surface area contributed by atoms with Crippen molar-refractivity contribution >= 4 is 28.6 Å². The molecule has 0 amide bonds. The summed E-state index contributed by atoms with van der Waals surface area (Å²) in [7, 11) is 1.62. The van der Waals surface area contributed by atoms with E-state index in [1.165, 1.54) is 11.8 Å². The molecule has 0 fully saturated rings. The Kier molecular flexibility index (Phi) is 3.72. The molecule has 0 aliphatic rings. The average molecular weight is 263 g/mol. The molecular weight excluding hydrogens is 250 g/mol. The first-order chi connectivity index (χ1) is 8.60. The molecule has 0 radical (unpaired) electrons. The number of nitrogens with zero attached hydrogens (tertiary/aromatic N) is 1. The number of methoxy groups -OCH3 is 1. The van der Waals surface area contributed by atoms with Crippen LogP contribution < -0.4 is 4.74 Å². The molecule has 0 atom stereocenters. The summed E-state index contributed by atoms with van der Waals surface area (Å²) in [5.74, 6) is -0.0270. The Hall–Kier alpha value is -1.75. The van der Waals surface area contributed by atoms with E-state index in [2.05, 4.69) is 4.98 Å². The molecule has 18 heavy (non-hydrogen) atoms. The first kappa shape index (κ1) is 12.7. The molecule has 2 rings (SSSR count). The zero-order valence-corrected chi connectivity index (χ0v) is 11.0. The number of aryl methyl sites for hydroxylation is 1. The van der Waals surface area contributed by atoms with E-state index in [4.69, 9.17) is 9.84 Å².